The lowest BCUT2D eigenvalue weighted by atomic mass is 10.2. The van der Waals surface area contributed by atoms with Crippen molar-refractivity contribution in [3.8, 4) is 6.07 Å². The quantitative estimate of drug-likeness (QED) is 0.649. The number of halogens is 1. The summed E-state index contributed by atoms with van der Waals surface area (Å²) in [6, 6.07) is 9.36. The number of carbonyl (C=O) groups excluding carboxylic acids is 1. The van der Waals surface area contributed by atoms with Crippen LogP contribution in [0.1, 0.15) is 5.56 Å². The van der Waals surface area contributed by atoms with Gasteiger partial charge in [0.15, 0.2) is 0 Å². The van der Waals surface area contributed by atoms with Crippen molar-refractivity contribution in [2.45, 2.75) is 6.54 Å². The highest BCUT2D eigenvalue weighted by Gasteiger charge is 2.19. The average molecular weight is 305 g/mol. The summed E-state index contributed by atoms with van der Waals surface area (Å²) in [7, 11) is 0. The van der Waals surface area contributed by atoms with Crippen molar-refractivity contribution in [2.75, 3.05) is 26.2 Å². The number of nitrogens with one attached hydrogen (secondary N) is 2. The number of hydrogen-bond acceptors (Lipinski definition) is 4. The summed E-state index contributed by atoms with van der Waals surface area (Å²) in [5.41, 5.74) is 1.16. The molecule has 1 aromatic carbocycles. The van der Waals surface area contributed by atoms with Crippen molar-refractivity contribution in [1.29, 1.82) is 5.26 Å². The molecule has 110 valence electrons. The minimum Gasteiger partial charge on any atom is -0.386 e. The summed E-state index contributed by atoms with van der Waals surface area (Å²) >= 11 is 5.82. The third-order valence-electron chi connectivity index (χ3n) is 3.22. The smallest absolute Gasteiger partial charge is 0.266 e. The van der Waals surface area contributed by atoms with Crippen LogP contribution in [-0.2, 0) is 11.3 Å². The fraction of sp³-hybridized carbons (Fsp3) is 0.333. The highest BCUT2D eigenvalue weighted by atomic mass is 35.5. The fourth-order valence-electron chi connectivity index (χ4n) is 2.05. The molecular formula is C15H17ClN4O. The van der Waals surface area contributed by atoms with Crippen molar-refractivity contribution >= 4 is 17.5 Å². The van der Waals surface area contributed by atoms with Crippen LogP contribution in [0, 0.1) is 11.3 Å². The van der Waals surface area contributed by atoms with E-state index in [2.05, 4.69) is 10.6 Å². The molecule has 0 atom stereocenters. The van der Waals surface area contributed by atoms with E-state index in [-0.39, 0.29) is 11.5 Å². The Kier molecular flexibility index (Phi) is 5.61. The molecule has 1 amide bonds. The highest BCUT2D eigenvalue weighted by Crippen LogP contribution is 2.09. The number of nitriles is 1. The van der Waals surface area contributed by atoms with Crippen LogP contribution in [0.25, 0.3) is 0 Å². The first-order chi connectivity index (χ1) is 10.2. The number of nitrogens with zero attached hydrogens (tertiary/aromatic N) is 2. The van der Waals surface area contributed by atoms with Gasteiger partial charge in [-0.15, -0.1) is 0 Å². The molecule has 1 saturated heterocycles. The van der Waals surface area contributed by atoms with Crippen LogP contribution in [0.2, 0.25) is 5.02 Å². The zero-order chi connectivity index (χ0) is 15.1. The van der Waals surface area contributed by atoms with E-state index in [1.54, 1.807) is 17.0 Å². The molecular weight excluding hydrogens is 288 g/mol. The monoisotopic (exact) mass is 304 g/mol. The molecule has 0 radical (unpaired) electrons. The predicted octanol–water partition coefficient (Wildman–Crippen LogP) is 1.27. The van der Waals surface area contributed by atoms with Crippen LogP contribution in [0.15, 0.2) is 36.0 Å². The number of amides is 1. The molecule has 1 aliphatic heterocycles. The van der Waals surface area contributed by atoms with Gasteiger partial charge >= 0.3 is 0 Å². The van der Waals surface area contributed by atoms with E-state index in [0.29, 0.717) is 24.7 Å². The molecule has 1 aromatic rings. The second kappa shape index (κ2) is 7.67. The average Bonchev–Trinajstić information content (AvgIpc) is 2.53. The molecule has 2 rings (SSSR count). The first-order valence-electron chi connectivity index (χ1n) is 6.79. The maximum atomic E-state index is 12.2. The van der Waals surface area contributed by atoms with Gasteiger partial charge in [-0.25, -0.2) is 0 Å². The maximum absolute atomic E-state index is 12.2. The Balaban J connectivity index is 1.92. The number of rotatable bonds is 4. The fourth-order valence-corrected chi connectivity index (χ4v) is 2.18. The van der Waals surface area contributed by atoms with Crippen LogP contribution in [0.3, 0.4) is 0 Å². The van der Waals surface area contributed by atoms with Crippen molar-refractivity contribution in [3.63, 3.8) is 0 Å². The number of carbonyl (C=O) groups is 1. The van der Waals surface area contributed by atoms with Gasteiger partial charge in [-0.2, -0.15) is 5.26 Å². The predicted molar refractivity (Wildman–Crippen MR) is 81.4 cm³/mol. The van der Waals surface area contributed by atoms with Gasteiger partial charge in [0.2, 0.25) is 0 Å². The Morgan fingerprint density at radius 3 is 2.67 bits per heavy atom. The minimum absolute atomic E-state index is 0.130. The van der Waals surface area contributed by atoms with Crippen LogP contribution in [0.4, 0.5) is 0 Å². The summed E-state index contributed by atoms with van der Waals surface area (Å²) in [6.07, 6.45) is 1.49. The summed E-state index contributed by atoms with van der Waals surface area (Å²) in [4.78, 5) is 13.9. The Morgan fingerprint density at radius 2 is 2.05 bits per heavy atom. The molecule has 0 aliphatic carbocycles. The van der Waals surface area contributed by atoms with Crippen LogP contribution < -0.4 is 10.6 Å². The minimum atomic E-state index is -0.220. The highest BCUT2D eigenvalue weighted by molar-refractivity contribution is 6.30. The molecule has 0 aromatic heterocycles. The largest absolute Gasteiger partial charge is 0.386 e. The van der Waals surface area contributed by atoms with E-state index in [0.717, 1.165) is 18.7 Å². The molecule has 2 N–H and O–H groups in total. The molecule has 6 heteroatoms. The van der Waals surface area contributed by atoms with Crippen molar-refractivity contribution < 1.29 is 4.79 Å². The van der Waals surface area contributed by atoms with Gasteiger partial charge in [0.1, 0.15) is 11.6 Å². The molecule has 0 bridgehead atoms. The third kappa shape index (κ3) is 4.48. The summed E-state index contributed by atoms with van der Waals surface area (Å²) in [5, 5.41) is 16.0. The van der Waals surface area contributed by atoms with Gasteiger partial charge in [-0.3, -0.25) is 4.79 Å². The molecule has 0 unspecified atom stereocenters. The Bertz CT molecular complexity index is 556. The van der Waals surface area contributed by atoms with Gasteiger partial charge in [-0.05, 0) is 17.7 Å². The van der Waals surface area contributed by atoms with Gasteiger partial charge in [0, 0.05) is 43.9 Å². The molecule has 1 fully saturated rings. The number of piperazine rings is 1. The second-order valence-electron chi connectivity index (χ2n) is 4.72. The number of benzene rings is 1. The third-order valence-corrected chi connectivity index (χ3v) is 3.47. The second-order valence-corrected chi connectivity index (χ2v) is 5.16. The first-order valence-corrected chi connectivity index (χ1v) is 7.16. The Morgan fingerprint density at radius 1 is 1.38 bits per heavy atom. The normalized spacial score (nSPS) is 15.4. The molecule has 1 aliphatic rings. The van der Waals surface area contributed by atoms with Crippen LogP contribution in [-0.4, -0.2) is 37.0 Å². The molecule has 5 nitrogen and oxygen atoms in total. The SMILES string of the molecule is N#C/C(=C/NCc1ccc(Cl)cc1)C(=O)N1CCNCC1. The van der Waals surface area contributed by atoms with Gasteiger partial charge in [0.05, 0.1) is 0 Å². The van der Waals surface area contributed by atoms with E-state index in [4.69, 9.17) is 16.9 Å². The maximum Gasteiger partial charge on any atom is 0.266 e. The summed E-state index contributed by atoms with van der Waals surface area (Å²) in [6.45, 7) is 3.34. The Hall–Kier alpha value is -2.03. The standard InChI is InChI=1S/C15H17ClN4O/c16-14-3-1-12(2-4-14)10-19-11-13(9-17)15(21)20-7-5-18-6-8-20/h1-4,11,18-19H,5-8,10H2/b13-11-. The molecule has 0 spiro atoms. The van der Waals surface area contributed by atoms with Gasteiger partial charge in [-0.1, -0.05) is 23.7 Å². The van der Waals surface area contributed by atoms with Gasteiger partial charge in [0.25, 0.3) is 5.91 Å². The van der Waals surface area contributed by atoms with Crippen molar-refractivity contribution in [2.24, 2.45) is 0 Å². The molecule has 0 saturated carbocycles. The zero-order valence-electron chi connectivity index (χ0n) is 11.6. The van der Waals surface area contributed by atoms with Crippen LogP contribution in [0.5, 0.6) is 0 Å². The van der Waals surface area contributed by atoms with E-state index in [1.807, 2.05) is 18.2 Å². The van der Waals surface area contributed by atoms with E-state index >= 15 is 0 Å². The topological polar surface area (TPSA) is 68.2 Å². The first kappa shape index (κ1) is 15.4. The molecule has 21 heavy (non-hydrogen) atoms. The van der Waals surface area contributed by atoms with Crippen molar-refractivity contribution in [1.82, 2.24) is 15.5 Å². The number of hydrogen-bond donors (Lipinski definition) is 2. The van der Waals surface area contributed by atoms with E-state index in [9.17, 15) is 4.79 Å². The van der Waals surface area contributed by atoms with Crippen molar-refractivity contribution in [3.05, 3.63) is 46.6 Å². The van der Waals surface area contributed by atoms with E-state index in [1.165, 1.54) is 6.20 Å². The summed E-state index contributed by atoms with van der Waals surface area (Å²) in [5.74, 6) is -0.220. The lowest BCUT2D eigenvalue weighted by molar-refractivity contribution is -0.127. The Labute approximate surface area is 129 Å². The van der Waals surface area contributed by atoms with Crippen LogP contribution >= 0.6 is 11.6 Å². The lowest BCUT2D eigenvalue weighted by Crippen LogP contribution is -2.46. The summed E-state index contributed by atoms with van der Waals surface area (Å²) < 4.78 is 0. The zero-order valence-corrected chi connectivity index (χ0v) is 12.4. The van der Waals surface area contributed by atoms with Gasteiger partial charge < -0.3 is 15.5 Å². The van der Waals surface area contributed by atoms with E-state index < -0.39 is 0 Å². The lowest BCUT2D eigenvalue weighted by Gasteiger charge is -2.27. The molecule has 1 heterocycles.